The molecule has 2 aromatic heterocycles. The smallest absolute Gasteiger partial charge is 0.225 e. The van der Waals surface area contributed by atoms with Crippen LogP contribution < -0.4 is 15.8 Å². The Balaban J connectivity index is 1.79. The first-order valence-corrected chi connectivity index (χ1v) is 6.53. The van der Waals surface area contributed by atoms with Crippen LogP contribution in [0.5, 0.6) is 5.88 Å². The lowest BCUT2D eigenvalue weighted by Gasteiger charge is -2.04. The largest absolute Gasteiger partial charge is 0.481 e. The van der Waals surface area contributed by atoms with E-state index in [9.17, 15) is 0 Å². The lowest BCUT2D eigenvalue weighted by molar-refractivity contribution is 0.398. The highest BCUT2D eigenvalue weighted by Crippen LogP contribution is 2.41. The van der Waals surface area contributed by atoms with Gasteiger partial charge in [0.25, 0.3) is 0 Å². The summed E-state index contributed by atoms with van der Waals surface area (Å²) in [6, 6.07) is 1.69. The number of hydrogen-bond acceptors (Lipinski definition) is 7. The molecule has 2 aromatic rings. The number of anilines is 3. The summed E-state index contributed by atoms with van der Waals surface area (Å²) in [5, 5.41) is 6.02. The Kier molecular flexibility index (Phi) is 2.75. The minimum absolute atomic E-state index is 0.177. The Morgan fingerprint density at radius 1 is 1.39 bits per heavy atom. The van der Waals surface area contributed by atoms with Crippen LogP contribution in [0.3, 0.4) is 0 Å². The van der Waals surface area contributed by atoms with Crippen molar-refractivity contribution in [3.05, 3.63) is 17.1 Å². The first kappa shape index (κ1) is 11.2. The molecule has 3 N–H and O–H groups in total. The molecule has 6 nitrogen and oxygen atoms in total. The predicted molar refractivity (Wildman–Crippen MR) is 70.4 cm³/mol. The van der Waals surface area contributed by atoms with Crippen molar-refractivity contribution in [2.75, 3.05) is 18.2 Å². The summed E-state index contributed by atoms with van der Waals surface area (Å²) in [5.41, 5.74) is 6.76. The maximum absolute atomic E-state index is 5.59. The van der Waals surface area contributed by atoms with E-state index in [1.165, 1.54) is 12.8 Å². The molecule has 94 valence electrons. The molecule has 1 aliphatic carbocycles. The second-order valence-electron chi connectivity index (χ2n) is 4.13. The molecular formula is C11H13N5OS. The average Bonchev–Trinajstić information content (AvgIpc) is 3.10. The molecule has 0 amide bonds. The van der Waals surface area contributed by atoms with Gasteiger partial charge in [0.2, 0.25) is 11.8 Å². The number of nitrogens with one attached hydrogen (secondary N) is 1. The number of ether oxygens (including phenoxy) is 1. The first-order valence-electron chi connectivity index (χ1n) is 5.65. The Morgan fingerprint density at radius 3 is 2.94 bits per heavy atom. The van der Waals surface area contributed by atoms with Gasteiger partial charge < -0.3 is 15.8 Å². The molecule has 0 atom stereocenters. The maximum Gasteiger partial charge on any atom is 0.225 e. The molecule has 2 heterocycles. The van der Waals surface area contributed by atoms with Crippen molar-refractivity contribution in [2.24, 2.45) is 0 Å². The van der Waals surface area contributed by atoms with E-state index < -0.39 is 0 Å². The third-order valence-electron chi connectivity index (χ3n) is 2.68. The fraction of sp³-hybridized carbons (Fsp3) is 0.364. The number of hydrogen-bond donors (Lipinski definition) is 2. The zero-order valence-electron chi connectivity index (χ0n) is 9.88. The van der Waals surface area contributed by atoms with Gasteiger partial charge in [0.1, 0.15) is 5.82 Å². The quantitative estimate of drug-likeness (QED) is 0.879. The van der Waals surface area contributed by atoms with Crippen LogP contribution in [-0.2, 0) is 0 Å². The van der Waals surface area contributed by atoms with E-state index in [0.717, 1.165) is 10.8 Å². The Bertz CT molecular complexity index is 566. The molecule has 1 fully saturated rings. The lowest BCUT2D eigenvalue weighted by atomic mass is 10.3. The Hall–Kier alpha value is -1.89. The van der Waals surface area contributed by atoms with Gasteiger partial charge in [-0.25, -0.2) is 4.98 Å². The van der Waals surface area contributed by atoms with Crippen LogP contribution in [0.15, 0.2) is 11.4 Å². The molecule has 3 rings (SSSR count). The zero-order valence-corrected chi connectivity index (χ0v) is 10.7. The molecule has 0 aromatic carbocycles. The fourth-order valence-electron chi connectivity index (χ4n) is 1.63. The van der Waals surface area contributed by atoms with E-state index in [1.54, 1.807) is 24.5 Å². The van der Waals surface area contributed by atoms with Gasteiger partial charge in [0.15, 0.2) is 5.13 Å². The topological polar surface area (TPSA) is 86.0 Å². The van der Waals surface area contributed by atoms with Crippen LogP contribution in [0.4, 0.5) is 16.9 Å². The number of nitrogens with zero attached hydrogens (tertiary/aromatic N) is 3. The van der Waals surface area contributed by atoms with Crippen LogP contribution in [0.2, 0.25) is 0 Å². The van der Waals surface area contributed by atoms with Gasteiger partial charge in [-0.3, -0.25) is 0 Å². The van der Waals surface area contributed by atoms with Crippen molar-refractivity contribution in [1.82, 2.24) is 15.0 Å². The van der Waals surface area contributed by atoms with E-state index in [0.29, 0.717) is 17.6 Å². The molecule has 1 aliphatic rings. The third kappa shape index (κ3) is 2.35. The highest BCUT2D eigenvalue weighted by atomic mass is 32.1. The number of nitrogens with two attached hydrogens (primary N) is 1. The number of methoxy groups -OCH3 is 1. The highest BCUT2D eigenvalue weighted by Gasteiger charge is 2.26. The van der Waals surface area contributed by atoms with Crippen LogP contribution in [-0.4, -0.2) is 22.1 Å². The van der Waals surface area contributed by atoms with Crippen LogP contribution >= 0.6 is 11.3 Å². The lowest BCUT2D eigenvalue weighted by Crippen LogP contribution is -2.01. The molecule has 0 aliphatic heterocycles. The molecular weight excluding hydrogens is 250 g/mol. The minimum atomic E-state index is 0.177. The third-order valence-corrected chi connectivity index (χ3v) is 3.46. The van der Waals surface area contributed by atoms with E-state index in [4.69, 9.17) is 10.5 Å². The standard InChI is InChI=1S/C11H13N5OS/c1-17-9-4-8(14-10(12)16-9)15-11-13-7(5-18-11)6-2-3-6/h4-6H,2-3H2,1H3,(H3,12,13,14,15,16). The molecule has 0 spiro atoms. The summed E-state index contributed by atoms with van der Waals surface area (Å²) in [6.45, 7) is 0. The van der Waals surface area contributed by atoms with Crippen molar-refractivity contribution in [3.8, 4) is 5.88 Å². The van der Waals surface area contributed by atoms with E-state index >= 15 is 0 Å². The van der Waals surface area contributed by atoms with E-state index in [1.807, 2.05) is 0 Å². The predicted octanol–water partition coefficient (Wildman–Crippen LogP) is 2.14. The number of nitrogen functional groups attached to an aromatic ring is 1. The fourth-order valence-corrected chi connectivity index (χ4v) is 2.43. The normalized spacial score (nSPS) is 14.5. The molecule has 0 radical (unpaired) electrons. The Labute approximate surface area is 108 Å². The van der Waals surface area contributed by atoms with Crippen LogP contribution in [0.25, 0.3) is 0 Å². The highest BCUT2D eigenvalue weighted by molar-refractivity contribution is 7.13. The first-order chi connectivity index (χ1) is 8.74. The van der Waals surface area contributed by atoms with Gasteiger partial charge in [-0.2, -0.15) is 9.97 Å². The average molecular weight is 263 g/mol. The van der Waals surface area contributed by atoms with Crippen LogP contribution in [0.1, 0.15) is 24.5 Å². The van der Waals surface area contributed by atoms with Crippen molar-refractivity contribution < 1.29 is 4.74 Å². The SMILES string of the molecule is COc1cc(Nc2nc(C3CC3)cs2)nc(N)n1. The summed E-state index contributed by atoms with van der Waals surface area (Å²) < 4.78 is 5.04. The van der Waals surface area contributed by atoms with Gasteiger partial charge in [-0.05, 0) is 12.8 Å². The second-order valence-corrected chi connectivity index (χ2v) is 4.99. The summed E-state index contributed by atoms with van der Waals surface area (Å²) in [7, 11) is 1.54. The van der Waals surface area contributed by atoms with Crippen molar-refractivity contribution in [1.29, 1.82) is 0 Å². The monoisotopic (exact) mass is 263 g/mol. The second kappa shape index (κ2) is 4.41. The van der Waals surface area contributed by atoms with Crippen LogP contribution in [0, 0.1) is 0 Å². The number of rotatable bonds is 4. The maximum atomic E-state index is 5.59. The van der Waals surface area contributed by atoms with E-state index in [-0.39, 0.29) is 5.95 Å². The summed E-state index contributed by atoms with van der Waals surface area (Å²) in [4.78, 5) is 12.5. The van der Waals surface area contributed by atoms with Gasteiger partial charge in [-0.1, -0.05) is 0 Å². The van der Waals surface area contributed by atoms with Crippen molar-refractivity contribution in [3.63, 3.8) is 0 Å². The number of thiazole rings is 1. The number of aromatic nitrogens is 3. The minimum Gasteiger partial charge on any atom is -0.481 e. The molecule has 1 saturated carbocycles. The van der Waals surface area contributed by atoms with E-state index in [2.05, 4.69) is 25.6 Å². The molecule has 0 saturated heterocycles. The summed E-state index contributed by atoms with van der Waals surface area (Å²) >= 11 is 1.57. The molecule has 18 heavy (non-hydrogen) atoms. The van der Waals surface area contributed by atoms with Gasteiger partial charge >= 0.3 is 0 Å². The van der Waals surface area contributed by atoms with Gasteiger partial charge in [0.05, 0.1) is 12.8 Å². The zero-order chi connectivity index (χ0) is 12.5. The summed E-state index contributed by atoms with van der Waals surface area (Å²) in [5.74, 6) is 1.86. The Morgan fingerprint density at radius 2 is 2.22 bits per heavy atom. The molecule has 0 bridgehead atoms. The molecule has 0 unspecified atom stereocenters. The van der Waals surface area contributed by atoms with Gasteiger partial charge in [0, 0.05) is 17.4 Å². The molecule has 7 heteroatoms. The van der Waals surface area contributed by atoms with Crippen molar-refractivity contribution >= 4 is 28.2 Å². The van der Waals surface area contributed by atoms with Gasteiger partial charge in [-0.15, -0.1) is 11.3 Å². The summed E-state index contributed by atoms with van der Waals surface area (Å²) in [6.07, 6.45) is 2.49. The van der Waals surface area contributed by atoms with Crippen molar-refractivity contribution in [2.45, 2.75) is 18.8 Å².